The van der Waals surface area contributed by atoms with Gasteiger partial charge >= 0.3 is 0 Å². The summed E-state index contributed by atoms with van der Waals surface area (Å²) in [5, 5.41) is 6.23. The lowest BCUT2D eigenvalue weighted by Gasteiger charge is -2.09. The number of nitrogens with zero attached hydrogens (tertiary/aromatic N) is 1. The molecule has 1 amide bonds. The largest absolute Gasteiger partial charge is 0.497 e. The van der Waals surface area contributed by atoms with Gasteiger partial charge in [-0.15, -0.1) is 0 Å². The smallest absolute Gasteiger partial charge is 0.251 e. The standard InChI is InChI=1S/C23H25N3O2/c1-17-4-3-5-19(14-17)16-26-22-15-20(11-13-24-22)23(27)25-12-10-18-6-8-21(28-2)9-7-18/h3-9,11,13-15H,10,12,16H2,1-2H3,(H,24,26)(H,25,27). The third-order valence-corrected chi connectivity index (χ3v) is 4.44. The first-order valence-electron chi connectivity index (χ1n) is 9.30. The Bertz CT molecular complexity index is 923. The topological polar surface area (TPSA) is 63.2 Å². The molecule has 2 N–H and O–H groups in total. The van der Waals surface area contributed by atoms with Crippen LogP contribution in [0.2, 0.25) is 0 Å². The molecule has 5 nitrogen and oxygen atoms in total. The number of rotatable bonds is 8. The second-order valence-corrected chi connectivity index (χ2v) is 6.63. The molecule has 0 aliphatic heterocycles. The number of pyridine rings is 1. The molecule has 1 heterocycles. The molecule has 3 rings (SSSR count). The highest BCUT2D eigenvalue weighted by atomic mass is 16.5. The number of amides is 1. The van der Waals surface area contributed by atoms with Crippen molar-refractivity contribution in [2.75, 3.05) is 19.0 Å². The maximum absolute atomic E-state index is 12.4. The summed E-state index contributed by atoms with van der Waals surface area (Å²) in [6, 6.07) is 19.6. The first-order chi connectivity index (χ1) is 13.6. The molecule has 5 heteroatoms. The predicted octanol–water partition coefficient (Wildman–Crippen LogP) is 3.98. The van der Waals surface area contributed by atoms with Gasteiger partial charge in [0.2, 0.25) is 0 Å². The highest BCUT2D eigenvalue weighted by Gasteiger charge is 2.07. The zero-order valence-electron chi connectivity index (χ0n) is 16.2. The molecule has 0 aliphatic rings. The Morgan fingerprint density at radius 3 is 2.61 bits per heavy atom. The van der Waals surface area contributed by atoms with Gasteiger partial charge in [0.1, 0.15) is 11.6 Å². The number of aromatic nitrogens is 1. The lowest BCUT2D eigenvalue weighted by Crippen LogP contribution is -2.25. The average molecular weight is 375 g/mol. The number of carbonyl (C=O) groups excluding carboxylic acids is 1. The number of aryl methyl sites for hydroxylation is 1. The van der Waals surface area contributed by atoms with Gasteiger partial charge < -0.3 is 15.4 Å². The van der Waals surface area contributed by atoms with Crippen molar-refractivity contribution in [1.82, 2.24) is 10.3 Å². The van der Waals surface area contributed by atoms with Crippen molar-refractivity contribution >= 4 is 11.7 Å². The van der Waals surface area contributed by atoms with Crippen molar-refractivity contribution in [2.24, 2.45) is 0 Å². The molecule has 2 aromatic carbocycles. The molecule has 3 aromatic rings. The van der Waals surface area contributed by atoms with E-state index in [1.165, 1.54) is 11.1 Å². The highest BCUT2D eigenvalue weighted by molar-refractivity contribution is 5.94. The number of anilines is 1. The van der Waals surface area contributed by atoms with E-state index in [-0.39, 0.29) is 5.91 Å². The highest BCUT2D eigenvalue weighted by Crippen LogP contribution is 2.12. The van der Waals surface area contributed by atoms with Crippen LogP contribution < -0.4 is 15.4 Å². The fourth-order valence-corrected chi connectivity index (χ4v) is 2.90. The fourth-order valence-electron chi connectivity index (χ4n) is 2.90. The van der Waals surface area contributed by atoms with E-state index in [9.17, 15) is 4.79 Å². The number of nitrogens with one attached hydrogen (secondary N) is 2. The molecule has 0 aliphatic carbocycles. The summed E-state index contributed by atoms with van der Waals surface area (Å²) in [5.74, 6) is 1.41. The van der Waals surface area contributed by atoms with E-state index >= 15 is 0 Å². The number of ether oxygens (including phenoxy) is 1. The van der Waals surface area contributed by atoms with Crippen LogP contribution in [-0.4, -0.2) is 24.5 Å². The number of hydrogen-bond donors (Lipinski definition) is 2. The van der Waals surface area contributed by atoms with Crippen LogP contribution in [0.1, 0.15) is 27.0 Å². The zero-order valence-corrected chi connectivity index (χ0v) is 16.2. The second-order valence-electron chi connectivity index (χ2n) is 6.63. The molecule has 0 saturated carbocycles. The number of hydrogen-bond acceptors (Lipinski definition) is 4. The number of carbonyl (C=O) groups is 1. The summed E-state index contributed by atoms with van der Waals surface area (Å²) in [6.45, 7) is 3.30. The van der Waals surface area contributed by atoms with Gasteiger partial charge in [-0.3, -0.25) is 4.79 Å². The summed E-state index contributed by atoms with van der Waals surface area (Å²) in [7, 11) is 1.65. The Morgan fingerprint density at radius 2 is 1.86 bits per heavy atom. The van der Waals surface area contributed by atoms with E-state index in [1.807, 2.05) is 30.3 Å². The van der Waals surface area contributed by atoms with Crippen molar-refractivity contribution in [3.05, 3.63) is 89.1 Å². The minimum absolute atomic E-state index is 0.102. The van der Waals surface area contributed by atoms with Gasteiger partial charge in [-0.25, -0.2) is 4.98 Å². The normalized spacial score (nSPS) is 10.4. The SMILES string of the molecule is COc1ccc(CCNC(=O)c2ccnc(NCc3cccc(C)c3)c2)cc1. The van der Waals surface area contributed by atoms with E-state index in [0.29, 0.717) is 24.5 Å². The lowest BCUT2D eigenvalue weighted by molar-refractivity contribution is 0.0954. The summed E-state index contributed by atoms with van der Waals surface area (Å²) < 4.78 is 5.15. The van der Waals surface area contributed by atoms with E-state index in [0.717, 1.165) is 17.7 Å². The minimum atomic E-state index is -0.102. The van der Waals surface area contributed by atoms with Crippen molar-refractivity contribution in [2.45, 2.75) is 19.9 Å². The molecule has 0 atom stereocenters. The maximum atomic E-state index is 12.4. The average Bonchev–Trinajstić information content (AvgIpc) is 2.73. The van der Waals surface area contributed by atoms with Gasteiger partial charge in [-0.2, -0.15) is 0 Å². The fraction of sp³-hybridized carbons (Fsp3) is 0.217. The van der Waals surface area contributed by atoms with Crippen LogP contribution in [0.25, 0.3) is 0 Å². The molecule has 0 fully saturated rings. The van der Waals surface area contributed by atoms with Gasteiger partial charge in [0.05, 0.1) is 7.11 Å². The molecule has 0 bridgehead atoms. The van der Waals surface area contributed by atoms with Crippen molar-refractivity contribution in [3.8, 4) is 5.75 Å². The molecule has 0 radical (unpaired) electrons. The Labute approximate surface area is 165 Å². The van der Waals surface area contributed by atoms with Crippen molar-refractivity contribution in [1.29, 1.82) is 0 Å². The molecule has 1 aromatic heterocycles. The van der Waals surface area contributed by atoms with E-state index < -0.39 is 0 Å². The number of methoxy groups -OCH3 is 1. The van der Waals surface area contributed by atoms with Crippen LogP contribution in [0.4, 0.5) is 5.82 Å². The van der Waals surface area contributed by atoms with Gasteiger partial charge in [0, 0.05) is 24.8 Å². The van der Waals surface area contributed by atoms with Gasteiger partial charge in [-0.05, 0) is 48.7 Å². The number of benzene rings is 2. The quantitative estimate of drug-likeness (QED) is 0.625. The van der Waals surface area contributed by atoms with E-state index in [4.69, 9.17) is 4.74 Å². The van der Waals surface area contributed by atoms with Gasteiger partial charge in [-0.1, -0.05) is 42.0 Å². The molecule has 0 saturated heterocycles. The Kier molecular flexibility index (Phi) is 6.63. The monoisotopic (exact) mass is 375 g/mol. The van der Waals surface area contributed by atoms with Crippen LogP contribution >= 0.6 is 0 Å². The van der Waals surface area contributed by atoms with Crippen LogP contribution in [0.5, 0.6) is 5.75 Å². The van der Waals surface area contributed by atoms with Crippen LogP contribution in [0.15, 0.2) is 66.9 Å². The van der Waals surface area contributed by atoms with Crippen molar-refractivity contribution in [3.63, 3.8) is 0 Å². The van der Waals surface area contributed by atoms with E-state index in [2.05, 4.69) is 40.7 Å². The predicted molar refractivity (Wildman–Crippen MR) is 112 cm³/mol. The lowest BCUT2D eigenvalue weighted by atomic mass is 10.1. The molecule has 28 heavy (non-hydrogen) atoms. The van der Waals surface area contributed by atoms with Crippen LogP contribution in [0.3, 0.4) is 0 Å². The van der Waals surface area contributed by atoms with Crippen molar-refractivity contribution < 1.29 is 9.53 Å². The maximum Gasteiger partial charge on any atom is 0.251 e. The third-order valence-electron chi connectivity index (χ3n) is 4.44. The minimum Gasteiger partial charge on any atom is -0.497 e. The molecular formula is C23H25N3O2. The Balaban J connectivity index is 1.51. The summed E-state index contributed by atoms with van der Waals surface area (Å²) in [5.41, 5.74) is 4.14. The van der Waals surface area contributed by atoms with E-state index in [1.54, 1.807) is 25.4 Å². The second kappa shape index (κ2) is 9.55. The molecule has 144 valence electrons. The molecular weight excluding hydrogens is 350 g/mol. The van der Waals surface area contributed by atoms with Gasteiger partial charge in [0.25, 0.3) is 5.91 Å². The first kappa shape index (κ1) is 19.4. The third kappa shape index (κ3) is 5.58. The first-order valence-corrected chi connectivity index (χ1v) is 9.30. The molecule has 0 spiro atoms. The zero-order chi connectivity index (χ0) is 19.8. The van der Waals surface area contributed by atoms with Crippen LogP contribution in [-0.2, 0) is 13.0 Å². The summed E-state index contributed by atoms with van der Waals surface area (Å²) in [4.78, 5) is 16.7. The van der Waals surface area contributed by atoms with Gasteiger partial charge in [0.15, 0.2) is 0 Å². The van der Waals surface area contributed by atoms with Crippen LogP contribution in [0, 0.1) is 6.92 Å². The summed E-state index contributed by atoms with van der Waals surface area (Å²) in [6.07, 6.45) is 2.41. The Morgan fingerprint density at radius 1 is 1.04 bits per heavy atom. The summed E-state index contributed by atoms with van der Waals surface area (Å²) >= 11 is 0. The Hall–Kier alpha value is -3.34. The molecule has 0 unspecified atom stereocenters.